The Morgan fingerprint density at radius 1 is 1.03 bits per heavy atom. The van der Waals surface area contributed by atoms with Crippen molar-refractivity contribution in [3.63, 3.8) is 0 Å². The van der Waals surface area contributed by atoms with Crippen molar-refractivity contribution in [3.05, 3.63) is 64.6 Å². The summed E-state index contributed by atoms with van der Waals surface area (Å²) in [5.41, 5.74) is 2.13. The van der Waals surface area contributed by atoms with Crippen LogP contribution < -0.4 is 26.1 Å². The van der Waals surface area contributed by atoms with Gasteiger partial charge in [0.05, 0.1) is 46.9 Å². The first-order chi connectivity index (χ1) is 29.9. The van der Waals surface area contributed by atoms with Crippen molar-refractivity contribution >= 4 is 51.6 Å². The van der Waals surface area contributed by atoms with Crippen LogP contribution in [0.1, 0.15) is 98.8 Å². The second-order valence-corrected chi connectivity index (χ2v) is 17.9. The maximum atomic E-state index is 14.4. The van der Waals surface area contributed by atoms with Gasteiger partial charge in [-0.2, -0.15) is 10.2 Å². The highest BCUT2D eigenvalue weighted by atomic mass is 19.3. The molecule has 3 aliphatic heterocycles. The smallest absolute Gasteiger partial charge is 0.329 e. The number of nitrogens with one attached hydrogen (secondary N) is 2. The SMILES string of the molecule is CN(CC1CCC(n2cc(NC(=O)c3cnn4ccc(N5CCOC6(CC6)C5)nc34)c(C(F)F)n2)CC1)C1CCN(c2cccc3c2n(C)c(=O)n3C2CCC(=O)NC2=O)CC1. The zero-order valence-corrected chi connectivity index (χ0v) is 35.0. The first-order valence-corrected chi connectivity index (χ1v) is 21.9. The fourth-order valence-corrected chi connectivity index (χ4v) is 10.3. The molecular formula is C43H52F2N12O5. The number of aromatic nitrogens is 7. The second-order valence-electron chi connectivity index (χ2n) is 17.9. The van der Waals surface area contributed by atoms with Crippen molar-refractivity contribution in [2.24, 2.45) is 13.0 Å². The van der Waals surface area contributed by atoms with Gasteiger partial charge in [-0.1, -0.05) is 6.07 Å². The maximum absolute atomic E-state index is 14.4. The summed E-state index contributed by atoms with van der Waals surface area (Å²) in [6.07, 6.45) is 9.70. The molecule has 5 aliphatic rings. The number of para-hydroxylation sites is 1. The van der Waals surface area contributed by atoms with E-state index >= 15 is 0 Å². The molecule has 328 valence electrons. The van der Waals surface area contributed by atoms with Crippen LogP contribution in [0.2, 0.25) is 0 Å². The van der Waals surface area contributed by atoms with E-state index in [2.05, 4.69) is 42.6 Å². The van der Waals surface area contributed by atoms with Crippen LogP contribution in [0.5, 0.6) is 0 Å². The molecule has 62 heavy (non-hydrogen) atoms. The molecule has 1 unspecified atom stereocenters. The number of hydrogen-bond donors (Lipinski definition) is 2. The third kappa shape index (κ3) is 7.41. The Morgan fingerprint density at radius 2 is 1.82 bits per heavy atom. The number of imide groups is 1. The average Bonchev–Trinajstić information content (AvgIpc) is 3.56. The highest BCUT2D eigenvalue weighted by Crippen LogP contribution is 2.43. The van der Waals surface area contributed by atoms with Gasteiger partial charge in [0.2, 0.25) is 11.8 Å². The number of morpholine rings is 1. The van der Waals surface area contributed by atoms with E-state index in [1.165, 1.54) is 15.3 Å². The molecular weight excluding hydrogens is 803 g/mol. The number of aryl methyl sites for hydroxylation is 1. The lowest BCUT2D eigenvalue weighted by molar-refractivity contribution is -0.135. The number of carbonyl (C=O) groups is 3. The minimum atomic E-state index is -2.87. The van der Waals surface area contributed by atoms with Gasteiger partial charge in [0.1, 0.15) is 17.4 Å². The number of carbonyl (C=O) groups excluding carboxylic acids is 3. The Bertz CT molecular complexity index is 2600. The van der Waals surface area contributed by atoms with Crippen LogP contribution in [-0.4, -0.2) is 114 Å². The summed E-state index contributed by atoms with van der Waals surface area (Å²) in [5, 5.41) is 13.7. The van der Waals surface area contributed by atoms with Crippen LogP contribution in [0.4, 0.5) is 26.0 Å². The van der Waals surface area contributed by atoms with Gasteiger partial charge in [0.15, 0.2) is 11.3 Å². The van der Waals surface area contributed by atoms with E-state index < -0.39 is 30.0 Å². The van der Waals surface area contributed by atoms with Crippen LogP contribution >= 0.6 is 0 Å². The number of anilines is 3. The Labute approximate surface area is 356 Å². The lowest BCUT2D eigenvalue weighted by atomic mass is 9.85. The van der Waals surface area contributed by atoms with Crippen molar-refractivity contribution in [3.8, 4) is 0 Å². The molecule has 3 amide bonds. The van der Waals surface area contributed by atoms with E-state index in [1.807, 2.05) is 24.3 Å². The predicted octanol–water partition coefficient (Wildman–Crippen LogP) is 4.45. The highest BCUT2D eigenvalue weighted by Gasteiger charge is 2.48. The standard InChI is InChI=1S/C43H52F2N12O5/c1-51(27-12-17-53(18-13-27)31-4-3-5-32-37(31)52(2)42(61)57(32)33-10-11-35(58)49-41(33)60)23-26-6-8-28(9-7-26)56-24-30(36(50-56)38(44)45)47-40(59)29-22-46-55-19-14-34(48-39(29)55)54-20-21-62-43(25-54)15-16-43/h3-5,14,19,22,24,26-28,33,38H,6-13,15-18,20-21,23,25H2,1-2H3,(H,47,59)(H,49,58,60). The summed E-state index contributed by atoms with van der Waals surface area (Å²) in [5.74, 6) is -0.164. The molecule has 5 fully saturated rings. The summed E-state index contributed by atoms with van der Waals surface area (Å²) in [6.45, 7) is 4.59. The molecule has 10 rings (SSSR count). The minimum Gasteiger partial charge on any atom is -0.371 e. The molecule has 1 atom stereocenters. The van der Waals surface area contributed by atoms with E-state index in [4.69, 9.17) is 9.72 Å². The number of hydrogen-bond acceptors (Lipinski definition) is 11. The zero-order valence-electron chi connectivity index (χ0n) is 35.0. The second kappa shape index (κ2) is 15.9. The zero-order chi connectivity index (χ0) is 42.9. The number of imidazole rings is 1. The average molecular weight is 855 g/mol. The number of piperidine rings is 2. The quantitative estimate of drug-likeness (QED) is 0.191. The van der Waals surface area contributed by atoms with Gasteiger partial charge in [-0.3, -0.25) is 33.5 Å². The van der Waals surface area contributed by atoms with Crippen LogP contribution in [0.15, 0.2) is 47.7 Å². The number of rotatable bonds is 10. The van der Waals surface area contributed by atoms with Crippen LogP contribution in [-0.2, 0) is 21.4 Å². The number of halogens is 2. The summed E-state index contributed by atoms with van der Waals surface area (Å²) >= 11 is 0. The Hall–Kier alpha value is -5.69. The number of alkyl halides is 2. The molecule has 0 bridgehead atoms. The first-order valence-electron chi connectivity index (χ1n) is 21.9. The summed E-state index contributed by atoms with van der Waals surface area (Å²) in [7, 11) is 3.92. The lowest BCUT2D eigenvalue weighted by Gasteiger charge is -2.40. The Kier molecular flexibility index (Phi) is 10.4. The maximum Gasteiger partial charge on any atom is 0.329 e. The van der Waals surface area contributed by atoms with Crippen LogP contribution in [0, 0.1) is 5.92 Å². The molecule has 0 radical (unpaired) electrons. The molecule has 17 nitrogen and oxygen atoms in total. The van der Waals surface area contributed by atoms with Gasteiger partial charge in [-0.05, 0) is 89.0 Å². The summed E-state index contributed by atoms with van der Waals surface area (Å²) in [4.78, 5) is 63.3. The number of nitrogens with zero attached hydrogens (tertiary/aromatic N) is 10. The molecule has 1 spiro atoms. The van der Waals surface area contributed by atoms with E-state index in [0.717, 1.165) is 94.6 Å². The molecule has 5 aromatic rings. The third-order valence-corrected chi connectivity index (χ3v) is 14.0. The summed E-state index contributed by atoms with van der Waals surface area (Å²) < 4.78 is 40.9. The highest BCUT2D eigenvalue weighted by molar-refractivity contribution is 6.08. The van der Waals surface area contributed by atoms with E-state index in [1.54, 1.807) is 28.7 Å². The van der Waals surface area contributed by atoms with Gasteiger partial charge in [0, 0.05) is 64.6 Å². The topological polar surface area (TPSA) is 169 Å². The summed E-state index contributed by atoms with van der Waals surface area (Å²) in [6, 6.07) is 7.28. The molecule has 7 heterocycles. The molecule has 2 N–H and O–H groups in total. The van der Waals surface area contributed by atoms with E-state index in [9.17, 15) is 28.0 Å². The number of ether oxygens (including phenoxy) is 1. The van der Waals surface area contributed by atoms with Crippen LogP contribution in [0.3, 0.4) is 0 Å². The fourth-order valence-electron chi connectivity index (χ4n) is 10.3. The first kappa shape index (κ1) is 40.4. The molecule has 1 aromatic carbocycles. The van der Waals surface area contributed by atoms with Crippen molar-refractivity contribution in [2.45, 2.75) is 94.4 Å². The van der Waals surface area contributed by atoms with Crippen molar-refractivity contribution in [1.82, 2.24) is 43.7 Å². The predicted molar refractivity (Wildman–Crippen MR) is 226 cm³/mol. The molecule has 3 saturated heterocycles. The molecule has 19 heteroatoms. The normalized spacial score (nSPS) is 23.3. The van der Waals surface area contributed by atoms with Crippen LogP contribution in [0.25, 0.3) is 16.7 Å². The van der Waals surface area contributed by atoms with Gasteiger partial charge in [-0.25, -0.2) is 23.1 Å². The van der Waals surface area contributed by atoms with Gasteiger partial charge >= 0.3 is 5.69 Å². The Morgan fingerprint density at radius 3 is 2.56 bits per heavy atom. The number of fused-ring (bicyclic) bond motifs is 2. The van der Waals surface area contributed by atoms with Crippen molar-refractivity contribution in [2.75, 3.05) is 61.5 Å². The molecule has 4 aromatic heterocycles. The lowest BCUT2D eigenvalue weighted by Crippen LogP contribution is -2.45. The van der Waals surface area contributed by atoms with E-state index in [0.29, 0.717) is 42.7 Å². The largest absolute Gasteiger partial charge is 0.371 e. The Balaban J connectivity index is 0.747. The third-order valence-electron chi connectivity index (χ3n) is 14.0. The minimum absolute atomic E-state index is 0.0112. The molecule has 2 saturated carbocycles. The van der Waals surface area contributed by atoms with Crippen molar-refractivity contribution < 1.29 is 27.9 Å². The number of amides is 3. The van der Waals surface area contributed by atoms with Gasteiger partial charge in [0.25, 0.3) is 12.3 Å². The van der Waals surface area contributed by atoms with Gasteiger partial charge in [-0.15, -0.1) is 0 Å². The number of benzene rings is 1. The van der Waals surface area contributed by atoms with Crippen molar-refractivity contribution in [1.29, 1.82) is 0 Å². The van der Waals surface area contributed by atoms with E-state index in [-0.39, 0.29) is 40.9 Å². The van der Waals surface area contributed by atoms with Gasteiger partial charge < -0.3 is 24.8 Å². The monoisotopic (exact) mass is 854 g/mol. The fraction of sp³-hybridized carbons (Fsp3) is 0.558. The molecule has 2 aliphatic carbocycles.